The highest BCUT2D eigenvalue weighted by Crippen LogP contribution is 2.23. The van der Waals surface area contributed by atoms with E-state index in [2.05, 4.69) is 52.5 Å². The van der Waals surface area contributed by atoms with E-state index < -0.39 is 0 Å². The van der Waals surface area contributed by atoms with Crippen LogP contribution >= 0.6 is 0 Å². The Hall–Kier alpha value is -2.36. The van der Waals surface area contributed by atoms with Gasteiger partial charge in [-0.25, -0.2) is 0 Å². The Morgan fingerprint density at radius 1 is 1.16 bits per heavy atom. The summed E-state index contributed by atoms with van der Waals surface area (Å²) >= 11 is 0. The van der Waals surface area contributed by atoms with Gasteiger partial charge in [0.05, 0.1) is 17.4 Å². The van der Waals surface area contributed by atoms with Gasteiger partial charge in [-0.05, 0) is 38.1 Å². The maximum Gasteiger partial charge on any atom is 0.0722 e. The number of anilines is 1. The minimum atomic E-state index is 0.409. The molecular weight excluding hydrogens is 236 g/mol. The third kappa shape index (κ3) is 2.42. The number of aromatic nitrogens is 3. The first-order valence-electron chi connectivity index (χ1n) is 6.38. The number of benzene rings is 1. The van der Waals surface area contributed by atoms with Crippen molar-refractivity contribution in [3.63, 3.8) is 0 Å². The molecule has 0 fully saturated rings. The number of nitrogens with one attached hydrogen (secondary N) is 2. The summed E-state index contributed by atoms with van der Waals surface area (Å²) in [6.07, 6.45) is 3.66. The lowest BCUT2D eigenvalue weighted by Gasteiger charge is -2.10. The summed E-state index contributed by atoms with van der Waals surface area (Å²) in [5.74, 6) is 0. The first-order valence-corrected chi connectivity index (χ1v) is 6.38. The molecule has 4 heteroatoms. The van der Waals surface area contributed by atoms with Gasteiger partial charge in [-0.2, -0.15) is 5.10 Å². The first-order chi connectivity index (χ1) is 9.22. The number of hydrogen-bond donors (Lipinski definition) is 2. The summed E-state index contributed by atoms with van der Waals surface area (Å²) in [6, 6.07) is 10.7. The smallest absolute Gasteiger partial charge is 0.0722 e. The molecule has 0 radical (unpaired) electrons. The summed E-state index contributed by atoms with van der Waals surface area (Å²) < 4.78 is 0. The van der Waals surface area contributed by atoms with Gasteiger partial charge in [0.2, 0.25) is 0 Å². The first kappa shape index (κ1) is 11.7. The molecule has 0 saturated heterocycles. The Bertz CT molecular complexity index is 700. The molecular formula is C15H16N4. The molecule has 2 aromatic heterocycles. The van der Waals surface area contributed by atoms with Crippen molar-refractivity contribution < 1.29 is 0 Å². The van der Waals surface area contributed by atoms with Crippen molar-refractivity contribution in [1.29, 1.82) is 0 Å². The third-order valence-electron chi connectivity index (χ3n) is 2.95. The molecule has 2 heterocycles. The Morgan fingerprint density at radius 3 is 2.89 bits per heavy atom. The molecule has 0 aliphatic heterocycles. The second kappa shape index (κ2) is 4.72. The normalized spacial score (nSPS) is 11.1. The fourth-order valence-electron chi connectivity index (χ4n) is 2.11. The zero-order chi connectivity index (χ0) is 13.2. The average molecular weight is 252 g/mol. The van der Waals surface area contributed by atoms with Gasteiger partial charge in [-0.3, -0.25) is 10.1 Å². The molecule has 1 aromatic carbocycles. The highest BCUT2D eigenvalue weighted by molar-refractivity contribution is 5.83. The summed E-state index contributed by atoms with van der Waals surface area (Å²) in [4.78, 5) is 4.44. The molecule has 0 spiro atoms. The lowest BCUT2D eigenvalue weighted by atomic mass is 10.1. The van der Waals surface area contributed by atoms with Crippen LogP contribution in [0.3, 0.4) is 0 Å². The van der Waals surface area contributed by atoms with Gasteiger partial charge in [0, 0.05) is 28.9 Å². The number of pyridine rings is 1. The topological polar surface area (TPSA) is 53.6 Å². The van der Waals surface area contributed by atoms with Gasteiger partial charge in [-0.1, -0.05) is 6.07 Å². The fourth-order valence-corrected chi connectivity index (χ4v) is 2.11. The SMILES string of the molecule is CC(C)Nc1ccnc(-c2ccc3[nH]ncc3c2)c1. The van der Waals surface area contributed by atoms with Crippen LogP contribution in [0.2, 0.25) is 0 Å². The van der Waals surface area contributed by atoms with E-state index in [9.17, 15) is 0 Å². The molecule has 3 aromatic rings. The van der Waals surface area contributed by atoms with Crippen molar-refractivity contribution in [2.75, 3.05) is 5.32 Å². The average Bonchev–Trinajstić information content (AvgIpc) is 2.85. The molecule has 0 bridgehead atoms. The van der Waals surface area contributed by atoms with E-state index in [0.29, 0.717) is 6.04 Å². The van der Waals surface area contributed by atoms with Crippen molar-refractivity contribution >= 4 is 16.6 Å². The van der Waals surface area contributed by atoms with Crippen molar-refractivity contribution in [3.05, 3.63) is 42.7 Å². The minimum Gasteiger partial charge on any atom is -0.383 e. The zero-order valence-corrected chi connectivity index (χ0v) is 11.0. The van der Waals surface area contributed by atoms with Crippen LogP contribution in [0.5, 0.6) is 0 Å². The molecule has 0 atom stereocenters. The van der Waals surface area contributed by atoms with Gasteiger partial charge in [-0.15, -0.1) is 0 Å². The van der Waals surface area contributed by atoms with Crippen molar-refractivity contribution in [1.82, 2.24) is 15.2 Å². The van der Waals surface area contributed by atoms with Gasteiger partial charge >= 0.3 is 0 Å². The van der Waals surface area contributed by atoms with Crippen LogP contribution in [0.15, 0.2) is 42.7 Å². The molecule has 3 rings (SSSR count). The zero-order valence-electron chi connectivity index (χ0n) is 11.0. The number of fused-ring (bicyclic) bond motifs is 1. The van der Waals surface area contributed by atoms with Crippen molar-refractivity contribution in [2.45, 2.75) is 19.9 Å². The van der Waals surface area contributed by atoms with E-state index in [4.69, 9.17) is 0 Å². The number of nitrogens with zero attached hydrogens (tertiary/aromatic N) is 2. The molecule has 2 N–H and O–H groups in total. The standard InChI is InChI=1S/C15H16N4/c1-10(2)18-13-5-6-16-15(8-13)11-3-4-14-12(7-11)9-17-19-14/h3-10H,1-2H3,(H,16,18)(H,17,19). The van der Waals surface area contributed by atoms with E-state index in [1.54, 1.807) is 0 Å². The van der Waals surface area contributed by atoms with Crippen LogP contribution in [0.25, 0.3) is 22.2 Å². The number of aromatic amines is 1. The Labute approximate surface area is 111 Å². The predicted octanol–water partition coefficient (Wildman–Crippen LogP) is 3.45. The quantitative estimate of drug-likeness (QED) is 0.750. The maximum absolute atomic E-state index is 4.44. The fraction of sp³-hybridized carbons (Fsp3) is 0.200. The number of H-pyrrole nitrogens is 1. The van der Waals surface area contributed by atoms with Gasteiger partial charge in [0.1, 0.15) is 0 Å². The van der Waals surface area contributed by atoms with Crippen LogP contribution in [0.1, 0.15) is 13.8 Å². The third-order valence-corrected chi connectivity index (χ3v) is 2.95. The van der Waals surface area contributed by atoms with E-state index in [0.717, 1.165) is 27.8 Å². The van der Waals surface area contributed by atoms with E-state index in [1.165, 1.54) is 0 Å². The van der Waals surface area contributed by atoms with Gasteiger partial charge in [0.15, 0.2) is 0 Å². The van der Waals surface area contributed by atoms with Crippen molar-refractivity contribution in [2.24, 2.45) is 0 Å². The number of hydrogen-bond acceptors (Lipinski definition) is 3. The van der Waals surface area contributed by atoms with Crippen LogP contribution in [0.4, 0.5) is 5.69 Å². The molecule has 0 aliphatic carbocycles. The predicted molar refractivity (Wildman–Crippen MR) is 78.1 cm³/mol. The van der Waals surface area contributed by atoms with E-state index >= 15 is 0 Å². The van der Waals surface area contributed by atoms with Crippen molar-refractivity contribution in [3.8, 4) is 11.3 Å². The maximum atomic E-state index is 4.44. The molecule has 0 saturated carbocycles. The van der Waals surface area contributed by atoms with E-state index in [-0.39, 0.29) is 0 Å². The monoisotopic (exact) mass is 252 g/mol. The Kier molecular flexibility index (Phi) is 2.91. The second-order valence-electron chi connectivity index (χ2n) is 4.90. The highest BCUT2D eigenvalue weighted by atomic mass is 15.1. The Balaban J connectivity index is 2.00. The molecule has 19 heavy (non-hydrogen) atoms. The Morgan fingerprint density at radius 2 is 2.05 bits per heavy atom. The van der Waals surface area contributed by atoms with Gasteiger partial charge in [0.25, 0.3) is 0 Å². The second-order valence-corrected chi connectivity index (χ2v) is 4.90. The van der Waals surface area contributed by atoms with Gasteiger partial charge < -0.3 is 5.32 Å². The van der Waals surface area contributed by atoms with Crippen LogP contribution in [-0.4, -0.2) is 21.2 Å². The summed E-state index contributed by atoms with van der Waals surface area (Å²) in [7, 11) is 0. The molecule has 4 nitrogen and oxygen atoms in total. The molecule has 0 amide bonds. The molecule has 0 aliphatic rings. The summed E-state index contributed by atoms with van der Waals surface area (Å²) in [5.41, 5.74) is 4.20. The summed E-state index contributed by atoms with van der Waals surface area (Å²) in [6.45, 7) is 4.25. The highest BCUT2D eigenvalue weighted by Gasteiger charge is 2.04. The lowest BCUT2D eigenvalue weighted by Crippen LogP contribution is -2.09. The molecule has 96 valence electrons. The lowest BCUT2D eigenvalue weighted by molar-refractivity contribution is 0.899. The van der Waals surface area contributed by atoms with Crippen LogP contribution in [0, 0.1) is 0 Å². The number of rotatable bonds is 3. The summed E-state index contributed by atoms with van der Waals surface area (Å²) in [5, 5.41) is 11.5. The van der Waals surface area contributed by atoms with Crippen LogP contribution < -0.4 is 5.32 Å². The minimum absolute atomic E-state index is 0.409. The largest absolute Gasteiger partial charge is 0.383 e. The van der Waals surface area contributed by atoms with Crippen LogP contribution in [-0.2, 0) is 0 Å². The van der Waals surface area contributed by atoms with E-state index in [1.807, 2.05) is 24.5 Å². The molecule has 0 unspecified atom stereocenters.